The molecule has 0 bridgehead atoms. The van der Waals surface area contributed by atoms with Gasteiger partial charge in [-0.1, -0.05) is 0 Å². The van der Waals surface area contributed by atoms with Gasteiger partial charge in [-0.15, -0.1) is 0 Å². The first-order valence-electron chi connectivity index (χ1n) is 10.4. The fraction of sp³-hybridized carbons (Fsp3) is 0.304. The van der Waals surface area contributed by atoms with Crippen molar-refractivity contribution >= 4 is 23.2 Å². The fourth-order valence-electron chi connectivity index (χ4n) is 3.55. The van der Waals surface area contributed by atoms with E-state index in [9.17, 15) is 9.59 Å². The van der Waals surface area contributed by atoms with Crippen molar-refractivity contribution in [3.05, 3.63) is 59.7 Å². The van der Waals surface area contributed by atoms with Gasteiger partial charge in [0.15, 0.2) is 23.9 Å². The van der Waals surface area contributed by atoms with E-state index in [1.54, 1.807) is 36.3 Å². The van der Waals surface area contributed by atoms with Crippen LogP contribution in [0.4, 0.5) is 5.69 Å². The fourth-order valence-corrected chi connectivity index (χ4v) is 3.55. The van der Waals surface area contributed by atoms with Gasteiger partial charge in [0.1, 0.15) is 11.7 Å². The third-order valence-electron chi connectivity index (χ3n) is 5.42. The van der Waals surface area contributed by atoms with E-state index in [1.807, 2.05) is 17.9 Å². The Kier molecular flexibility index (Phi) is 6.07. The Labute approximate surface area is 186 Å². The number of anilines is 1. The lowest BCUT2D eigenvalue weighted by molar-refractivity contribution is -0.131. The Morgan fingerprint density at radius 3 is 2.88 bits per heavy atom. The smallest absolute Gasteiger partial charge is 0.260 e. The van der Waals surface area contributed by atoms with Crippen LogP contribution in [0.25, 0.3) is 0 Å². The largest absolute Gasteiger partial charge is 0.491 e. The molecular formula is C23H25N5O4. The molecule has 0 radical (unpaired) electrons. The lowest BCUT2D eigenvalue weighted by Crippen LogP contribution is -2.37. The maximum Gasteiger partial charge on any atom is 0.260 e. The number of allylic oxidation sites excluding steroid dienone is 1. The van der Waals surface area contributed by atoms with Gasteiger partial charge in [0.25, 0.3) is 5.91 Å². The quantitative estimate of drug-likeness (QED) is 0.526. The third-order valence-corrected chi connectivity index (χ3v) is 5.42. The van der Waals surface area contributed by atoms with Crippen molar-refractivity contribution in [3.63, 3.8) is 0 Å². The second-order valence-electron chi connectivity index (χ2n) is 7.33. The van der Waals surface area contributed by atoms with Crippen LogP contribution >= 0.6 is 0 Å². The number of aliphatic imine (C=N–C) groups is 1. The molecule has 1 N–H and O–H groups in total. The predicted octanol–water partition coefficient (Wildman–Crippen LogP) is 2.16. The first kappa shape index (κ1) is 21.4. The molecule has 0 unspecified atom stereocenters. The van der Waals surface area contributed by atoms with Gasteiger partial charge >= 0.3 is 0 Å². The summed E-state index contributed by atoms with van der Waals surface area (Å²) in [6.45, 7) is 3.67. The van der Waals surface area contributed by atoms with Crippen LogP contribution in [0.2, 0.25) is 0 Å². The summed E-state index contributed by atoms with van der Waals surface area (Å²) in [6.07, 6.45) is 4.69. The number of nitrogens with one attached hydrogen (secondary N) is 1. The molecule has 166 valence electrons. The molecule has 9 heteroatoms. The number of fused-ring (bicyclic) bond motifs is 3. The highest BCUT2D eigenvalue weighted by molar-refractivity contribution is 6.11. The monoisotopic (exact) mass is 435 g/mol. The zero-order chi connectivity index (χ0) is 22.7. The van der Waals surface area contributed by atoms with Crippen LogP contribution < -0.4 is 14.8 Å². The Morgan fingerprint density at radius 2 is 2.16 bits per heavy atom. The number of pyridine rings is 1. The van der Waals surface area contributed by atoms with E-state index >= 15 is 0 Å². The number of carbonyl (C=O) groups is 2. The number of likely N-dealkylation sites (N-methyl/N-ethyl adjacent to an activating group) is 1. The van der Waals surface area contributed by atoms with Gasteiger partial charge in [-0.3, -0.25) is 19.6 Å². The highest BCUT2D eigenvalue weighted by atomic mass is 16.5. The zero-order valence-corrected chi connectivity index (χ0v) is 18.3. The Balaban J connectivity index is 1.67. The third kappa shape index (κ3) is 4.01. The number of aromatic nitrogens is 1. The van der Waals surface area contributed by atoms with Gasteiger partial charge in [-0.25, -0.2) is 0 Å². The van der Waals surface area contributed by atoms with Crippen LogP contribution in [-0.2, 0) is 4.79 Å². The van der Waals surface area contributed by atoms with Crippen molar-refractivity contribution < 1.29 is 19.1 Å². The average molecular weight is 435 g/mol. The highest BCUT2D eigenvalue weighted by Crippen LogP contribution is 2.43. The summed E-state index contributed by atoms with van der Waals surface area (Å²) in [5, 5.41) is 3.32. The van der Waals surface area contributed by atoms with E-state index in [2.05, 4.69) is 15.3 Å². The van der Waals surface area contributed by atoms with E-state index in [-0.39, 0.29) is 18.3 Å². The zero-order valence-electron chi connectivity index (χ0n) is 18.3. The number of nitrogens with zero attached hydrogens (tertiary/aromatic N) is 4. The van der Waals surface area contributed by atoms with Gasteiger partial charge in [0.2, 0.25) is 0 Å². The lowest BCUT2D eigenvalue weighted by Gasteiger charge is -2.32. The molecule has 1 aromatic heterocycles. The topological polar surface area (TPSA) is 96.4 Å². The minimum Gasteiger partial charge on any atom is -0.491 e. The molecule has 9 nitrogen and oxygen atoms in total. The van der Waals surface area contributed by atoms with E-state index < -0.39 is 0 Å². The maximum atomic E-state index is 12.8. The summed E-state index contributed by atoms with van der Waals surface area (Å²) in [4.78, 5) is 37.1. The van der Waals surface area contributed by atoms with Crippen LogP contribution in [0, 0.1) is 0 Å². The molecule has 0 saturated carbocycles. The number of ketones is 1. The predicted molar refractivity (Wildman–Crippen MR) is 120 cm³/mol. The molecule has 0 atom stereocenters. The molecule has 2 aliphatic rings. The summed E-state index contributed by atoms with van der Waals surface area (Å²) in [5.74, 6) is 1.93. The summed E-state index contributed by atoms with van der Waals surface area (Å²) in [7, 11) is 3.26. The van der Waals surface area contributed by atoms with Crippen molar-refractivity contribution in [1.29, 1.82) is 0 Å². The van der Waals surface area contributed by atoms with Gasteiger partial charge in [0.05, 0.1) is 19.3 Å². The van der Waals surface area contributed by atoms with E-state index in [1.165, 1.54) is 19.4 Å². The molecule has 0 fully saturated rings. The molecule has 0 aliphatic carbocycles. The Hall–Kier alpha value is -3.88. The summed E-state index contributed by atoms with van der Waals surface area (Å²) < 4.78 is 11.4. The molecule has 1 amide bonds. The maximum absolute atomic E-state index is 12.8. The summed E-state index contributed by atoms with van der Waals surface area (Å²) in [6, 6.07) is 7.10. The van der Waals surface area contributed by atoms with Crippen molar-refractivity contribution in [3.8, 4) is 11.5 Å². The number of amides is 1. The van der Waals surface area contributed by atoms with Crippen LogP contribution in [0.3, 0.4) is 0 Å². The second-order valence-corrected chi connectivity index (χ2v) is 7.33. The Bertz CT molecular complexity index is 1100. The lowest BCUT2D eigenvalue weighted by atomic mass is 10.1. The standard InChI is InChI=1S/C23H25N5O4/c1-4-27(2)20(30)14-32-18-8-7-16-21(22(18)31-3)26-19(28-11-10-25-23(16)28)12-17(29)15-6-5-9-24-13-15/h5-9,12-13,26H,4,10-11,14H2,1-3H3. The molecule has 3 heterocycles. The second kappa shape index (κ2) is 9.09. The van der Waals surface area contributed by atoms with Crippen LogP contribution in [0.15, 0.2) is 53.5 Å². The van der Waals surface area contributed by atoms with Crippen molar-refractivity contribution in [2.24, 2.45) is 4.99 Å². The molecular weight excluding hydrogens is 410 g/mol. The molecule has 1 aromatic carbocycles. The van der Waals surface area contributed by atoms with E-state index in [4.69, 9.17) is 9.47 Å². The number of carbonyl (C=O) groups excluding carboxylic acids is 2. The number of hydrogen-bond acceptors (Lipinski definition) is 8. The normalized spacial score (nSPS) is 15.4. The van der Waals surface area contributed by atoms with Crippen molar-refractivity contribution in [1.82, 2.24) is 14.8 Å². The average Bonchev–Trinajstić information content (AvgIpc) is 3.32. The molecule has 32 heavy (non-hydrogen) atoms. The first-order valence-corrected chi connectivity index (χ1v) is 10.4. The molecule has 4 rings (SSSR count). The van der Waals surface area contributed by atoms with Gasteiger partial charge in [-0.05, 0) is 31.2 Å². The minimum absolute atomic E-state index is 0.102. The molecule has 0 spiro atoms. The van der Waals surface area contributed by atoms with Crippen molar-refractivity contribution in [2.45, 2.75) is 6.92 Å². The van der Waals surface area contributed by atoms with Crippen LogP contribution in [-0.4, -0.2) is 72.7 Å². The van der Waals surface area contributed by atoms with Crippen LogP contribution in [0.1, 0.15) is 22.8 Å². The number of benzene rings is 1. The minimum atomic E-state index is -0.171. The molecule has 2 aromatic rings. The van der Waals surface area contributed by atoms with Gasteiger partial charge in [-0.2, -0.15) is 0 Å². The number of hydrogen-bond donors (Lipinski definition) is 1. The highest BCUT2D eigenvalue weighted by Gasteiger charge is 2.33. The molecule has 0 saturated heterocycles. The number of amidine groups is 1. The van der Waals surface area contributed by atoms with Gasteiger partial charge < -0.3 is 24.6 Å². The Morgan fingerprint density at radius 1 is 1.31 bits per heavy atom. The van der Waals surface area contributed by atoms with Crippen LogP contribution in [0.5, 0.6) is 11.5 Å². The van der Waals surface area contributed by atoms with E-state index in [0.717, 1.165) is 11.4 Å². The summed E-state index contributed by atoms with van der Waals surface area (Å²) in [5.41, 5.74) is 1.98. The first-order chi connectivity index (χ1) is 15.5. The van der Waals surface area contributed by atoms with Gasteiger partial charge in [0, 0.05) is 49.7 Å². The SMILES string of the molecule is CCN(C)C(=O)COc1ccc2c(c1OC)NC(=CC(=O)c1cccnc1)N1CCN=C21. The summed E-state index contributed by atoms with van der Waals surface area (Å²) >= 11 is 0. The van der Waals surface area contributed by atoms with Crippen molar-refractivity contribution in [2.75, 3.05) is 45.7 Å². The number of rotatable bonds is 7. The number of methoxy groups -OCH3 is 1. The number of ether oxygens (including phenoxy) is 2. The van der Waals surface area contributed by atoms with E-state index in [0.29, 0.717) is 48.2 Å². The molecule has 2 aliphatic heterocycles.